The SMILES string of the molecule is Cc1ncc(CNCC(F)(F)C(F)F)s1. The molecule has 0 saturated carbocycles. The van der Waals surface area contributed by atoms with Crippen molar-refractivity contribution in [3.05, 3.63) is 16.1 Å². The highest BCUT2D eigenvalue weighted by molar-refractivity contribution is 7.11. The second-order valence-electron chi connectivity index (χ2n) is 3.01. The van der Waals surface area contributed by atoms with Gasteiger partial charge in [0.1, 0.15) is 0 Å². The van der Waals surface area contributed by atoms with Gasteiger partial charge in [-0.15, -0.1) is 11.3 Å². The lowest BCUT2D eigenvalue weighted by molar-refractivity contribution is -0.125. The minimum absolute atomic E-state index is 0.133. The molecule has 0 aliphatic heterocycles. The maximum absolute atomic E-state index is 12.4. The number of aromatic nitrogens is 1. The van der Waals surface area contributed by atoms with Gasteiger partial charge < -0.3 is 5.32 Å². The Balaban J connectivity index is 2.33. The van der Waals surface area contributed by atoms with Gasteiger partial charge in [-0.1, -0.05) is 0 Å². The van der Waals surface area contributed by atoms with Crippen LogP contribution < -0.4 is 5.32 Å². The van der Waals surface area contributed by atoms with Gasteiger partial charge in [0.25, 0.3) is 0 Å². The largest absolute Gasteiger partial charge is 0.319 e. The van der Waals surface area contributed by atoms with Gasteiger partial charge in [0.05, 0.1) is 11.6 Å². The van der Waals surface area contributed by atoms with Crippen molar-refractivity contribution >= 4 is 11.3 Å². The minimum atomic E-state index is -3.97. The van der Waals surface area contributed by atoms with Crippen LogP contribution in [0, 0.1) is 6.92 Å². The highest BCUT2D eigenvalue weighted by Crippen LogP contribution is 2.21. The summed E-state index contributed by atoms with van der Waals surface area (Å²) in [4.78, 5) is 4.66. The Kier molecular flexibility index (Phi) is 4.04. The smallest absolute Gasteiger partial charge is 0.306 e. The summed E-state index contributed by atoms with van der Waals surface area (Å²) in [7, 11) is 0. The zero-order valence-corrected chi connectivity index (χ0v) is 8.75. The molecule has 0 spiro atoms. The van der Waals surface area contributed by atoms with E-state index in [2.05, 4.69) is 10.3 Å². The van der Waals surface area contributed by atoms with Crippen LogP contribution in [-0.2, 0) is 6.54 Å². The third-order valence-corrected chi connectivity index (χ3v) is 2.56. The van der Waals surface area contributed by atoms with Crippen LogP contribution in [0.25, 0.3) is 0 Å². The number of thiazole rings is 1. The molecule has 1 heterocycles. The van der Waals surface area contributed by atoms with E-state index in [-0.39, 0.29) is 6.54 Å². The molecule has 0 saturated heterocycles. The van der Waals surface area contributed by atoms with Crippen molar-refractivity contribution in [2.24, 2.45) is 0 Å². The molecule has 0 bridgehead atoms. The number of hydrogen-bond donors (Lipinski definition) is 1. The lowest BCUT2D eigenvalue weighted by Gasteiger charge is -2.15. The second kappa shape index (κ2) is 4.89. The molecule has 1 aromatic rings. The molecule has 7 heteroatoms. The fraction of sp³-hybridized carbons (Fsp3) is 0.625. The van der Waals surface area contributed by atoms with Crippen LogP contribution in [0.1, 0.15) is 9.88 Å². The Morgan fingerprint density at radius 1 is 1.53 bits per heavy atom. The zero-order chi connectivity index (χ0) is 11.5. The van der Waals surface area contributed by atoms with Gasteiger partial charge in [0.2, 0.25) is 0 Å². The summed E-state index contributed by atoms with van der Waals surface area (Å²) in [5.74, 6) is -3.97. The highest BCUT2D eigenvalue weighted by atomic mass is 32.1. The molecule has 0 amide bonds. The van der Waals surface area contributed by atoms with Gasteiger partial charge >= 0.3 is 12.3 Å². The molecular weight excluding hydrogens is 232 g/mol. The summed E-state index contributed by atoms with van der Waals surface area (Å²) >= 11 is 1.34. The predicted octanol–water partition coefficient (Wildman–Crippen LogP) is 2.44. The molecule has 0 radical (unpaired) electrons. The van der Waals surface area contributed by atoms with Crippen molar-refractivity contribution in [3.63, 3.8) is 0 Å². The zero-order valence-electron chi connectivity index (χ0n) is 7.94. The van der Waals surface area contributed by atoms with Crippen LogP contribution in [0.4, 0.5) is 17.6 Å². The Hall–Kier alpha value is -0.690. The normalized spacial score (nSPS) is 12.4. The van der Waals surface area contributed by atoms with E-state index in [9.17, 15) is 17.6 Å². The lowest BCUT2D eigenvalue weighted by Crippen LogP contribution is -2.38. The van der Waals surface area contributed by atoms with Gasteiger partial charge in [-0.2, -0.15) is 8.78 Å². The molecular formula is C8H10F4N2S. The number of aryl methyl sites for hydroxylation is 1. The molecule has 1 aromatic heterocycles. The number of halogens is 4. The first-order valence-corrected chi connectivity index (χ1v) is 5.01. The van der Waals surface area contributed by atoms with Crippen LogP contribution in [0.3, 0.4) is 0 Å². The van der Waals surface area contributed by atoms with Gasteiger partial charge in [0, 0.05) is 17.6 Å². The summed E-state index contributed by atoms with van der Waals surface area (Å²) in [6.07, 6.45) is -2.10. The van der Waals surface area contributed by atoms with E-state index >= 15 is 0 Å². The van der Waals surface area contributed by atoms with E-state index in [4.69, 9.17) is 0 Å². The third-order valence-electron chi connectivity index (χ3n) is 1.65. The van der Waals surface area contributed by atoms with E-state index in [0.29, 0.717) is 0 Å². The molecule has 86 valence electrons. The molecule has 0 aromatic carbocycles. The van der Waals surface area contributed by atoms with Crippen molar-refractivity contribution in [2.75, 3.05) is 6.54 Å². The van der Waals surface area contributed by atoms with Crippen LogP contribution in [0.2, 0.25) is 0 Å². The topological polar surface area (TPSA) is 24.9 Å². The number of nitrogens with one attached hydrogen (secondary N) is 1. The molecule has 0 aliphatic carbocycles. The number of rotatable bonds is 5. The minimum Gasteiger partial charge on any atom is -0.306 e. The average molecular weight is 242 g/mol. The van der Waals surface area contributed by atoms with Crippen molar-refractivity contribution in [1.29, 1.82) is 0 Å². The van der Waals surface area contributed by atoms with Crippen LogP contribution in [-0.4, -0.2) is 23.9 Å². The predicted molar refractivity (Wildman–Crippen MR) is 49.5 cm³/mol. The van der Waals surface area contributed by atoms with Crippen LogP contribution in [0.5, 0.6) is 0 Å². The monoisotopic (exact) mass is 242 g/mol. The molecule has 15 heavy (non-hydrogen) atoms. The standard InChI is InChI=1S/C8H10F4N2S/c1-5-14-3-6(15-5)2-13-4-8(11,12)7(9)10/h3,7,13H,2,4H2,1H3. The van der Waals surface area contributed by atoms with Gasteiger partial charge in [-0.05, 0) is 6.92 Å². The quantitative estimate of drug-likeness (QED) is 0.802. The number of hydrogen-bond acceptors (Lipinski definition) is 3. The van der Waals surface area contributed by atoms with Crippen molar-refractivity contribution in [1.82, 2.24) is 10.3 Å². The maximum atomic E-state index is 12.4. The Morgan fingerprint density at radius 3 is 2.67 bits per heavy atom. The van der Waals surface area contributed by atoms with Gasteiger partial charge in [-0.25, -0.2) is 13.8 Å². The number of nitrogens with zero attached hydrogens (tertiary/aromatic N) is 1. The Bertz CT molecular complexity index is 313. The molecule has 2 nitrogen and oxygen atoms in total. The van der Waals surface area contributed by atoms with Crippen LogP contribution in [0.15, 0.2) is 6.20 Å². The van der Waals surface area contributed by atoms with Gasteiger partial charge in [0.15, 0.2) is 0 Å². The van der Waals surface area contributed by atoms with E-state index < -0.39 is 18.9 Å². The average Bonchev–Trinajstić information content (AvgIpc) is 2.51. The fourth-order valence-electron chi connectivity index (χ4n) is 0.917. The third kappa shape index (κ3) is 3.75. The van der Waals surface area contributed by atoms with Gasteiger partial charge in [-0.3, -0.25) is 0 Å². The van der Waals surface area contributed by atoms with E-state index in [1.54, 1.807) is 6.92 Å². The summed E-state index contributed by atoms with van der Waals surface area (Å²) in [5, 5.41) is 3.09. The fourth-order valence-corrected chi connectivity index (χ4v) is 1.68. The first-order valence-electron chi connectivity index (χ1n) is 4.20. The molecule has 0 atom stereocenters. The molecule has 0 unspecified atom stereocenters. The Morgan fingerprint density at radius 2 is 2.20 bits per heavy atom. The van der Waals surface area contributed by atoms with E-state index in [1.165, 1.54) is 17.5 Å². The molecule has 1 rings (SSSR count). The van der Waals surface area contributed by atoms with Crippen LogP contribution >= 0.6 is 11.3 Å². The molecule has 1 N–H and O–H groups in total. The number of alkyl halides is 4. The summed E-state index contributed by atoms with van der Waals surface area (Å²) < 4.78 is 48.3. The Labute approximate surface area is 88.3 Å². The second-order valence-corrected chi connectivity index (χ2v) is 4.33. The summed E-state index contributed by atoms with van der Waals surface area (Å²) in [5.41, 5.74) is 0. The summed E-state index contributed by atoms with van der Waals surface area (Å²) in [6, 6.07) is 0. The molecule has 0 aliphatic rings. The lowest BCUT2D eigenvalue weighted by atomic mass is 10.3. The first-order chi connectivity index (χ1) is 6.92. The highest BCUT2D eigenvalue weighted by Gasteiger charge is 2.39. The van der Waals surface area contributed by atoms with Crippen molar-refractivity contribution in [3.8, 4) is 0 Å². The maximum Gasteiger partial charge on any atom is 0.319 e. The van der Waals surface area contributed by atoms with Crippen molar-refractivity contribution in [2.45, 2.75) is 25.8 Å². The van der Waals surface area contributed by atoms with E-state index in [0.717, 1.165) is 9.88 Å². The molecule has 0 fully saturated rings. The first kappa shape index (κ1) is 12.4. The van der Waals surface area contributed by atoms with Crippen molar-refractivity contribution < 1.29 is 17.6 Å². The van der Waals surface area contributed by atoms with E-state index in [1.807, 2.05) is 0 Å². The summed E-state index contributed by atoms with van der Waals surface area (Å²) in [6.45, 7) is 0.886.